The van der Waals surface area contributed by atoms with Crippen LogP contribution in [0.25, 0.3) is 0 Å². The predicted molar refractivity (Wildman–Crippen MR) is 47.9 cm³/mol. The molecule has 3 nitrogen and oxygen atoms in total. The Morgan fingerprint density at radius 2 is 2.25 bits per heavy atom. The van der Waals surface area contributed by atoms with Crippen molar-refractivity contribution < 1.29 is 10.2 Å². The van der Waals surface area contributed by atoms with E-state index < -0.39 is 0 Å². The molecule has 0 aromatic heterocycles. The average molecular weight is 173 g/mol. The van der Waals surface area contributed by atoms with Crippen LogP contribution in [0.3, 0.4) is 0 Å². The topological polar surface area (TPSA) is 52.5 Å². The highest BCUT2D eigenvalue weighted by molar-refractivity contribution is 4.82. The molecule has 1 saturated carbocycles. The lowest BCUT2D eigenvalue weighted by molar-refractivity contribution is 0.141. The molecule has 3 N–H and O–H groups in total. The number of hydrogen-bond donors (Lipinski definition) is 3. The molecule has 1 unspecified atom stereocenters. The number of hydrogen-bond acceptors (Lipinski definition) is 3. The quantitative estimate of drug-likeness (QED) is 0.571. The molecule has 1 fully saturated rings. The van der Waals surface area contributed by atoms with Gasteiger partial charge in [-0.25, -0.2) is 0 Å². The van der Waals surface area contributed by atoms with E-state index in [0.29, 0.717) is 0 Å². The van der Waals surface area contributed by atoms with E-state index in [9.17, 15) is 5.11 Å². The van der Waals surface area contributed by atoms with Crippen LogP contribution in [0, 0.1) is 0 Å². The summed E-state index contributed by atoms with van der Waals surface area (Å²) in [7, 11) is 0. The van der Waals surface area contributed by atoms with Crippen molar-refractivity contribution in [1.82, 2.24) is 5.32 Å². The summed E-state index contributed by atoms with van der Waals surface area (Å²) in [6.07, 6.45) is 3.47. The minimum Gasteiger partial charge on any atom is -0.393 e. The molecule has 0 spiro atoms. The zero-order valence-electron chi connectivity index (χ0n) is 7.66. The molecule has 72 valence electrons. The van der Waals surface area contributed by atoms with Crippen molar-refractivity contribution in [1.29, 1.82) is 0 Å². The maximum absolute atomic E-state index is 9.43. The second kappa shape index (κ2) is 4.80. The molecule has 1 rings (SSSR count). The van der Waals surface area contributed by atoms with Crippen molar-refractivity contribution >= 4 is 0 Å². The highest BCUT2D eigenvalue weighted by atomic mass is 16.3. The van der Waals surface area contributed by atoms with Gasteiger partial charge in [-0.1, -0.05) is 0 Å². The molecule has 1 aliphatic rings. The lowest BCUT2D eigenvalue weighted by Gasteiger charge is -2.16. The Bertz CT molecular complexity index is 128. The second-order valence-corrected chi connectivity index (χ2v) is 3.70. The summed E-state index contributed by atoms with van der Waals surface area (Å²) < 4.78 is 0. The Kier molecular flexibility index (Phi) is 3.98. The lowest BCUT2D eigenvalue weighted by atomic mass is 10.2. The van der Waals surface area contributed by atoms with Crippen LogP contribution in [-0.2, 0) is 0 Å². The van der Waals surface area contributed by atoms with Crippen molar-refractivity contribution in [2.45, 2.75) is 50.9 Å². The largest absolute Gasteiger partial charge is 0.393 e. The van der Waals surface area contributed by atoms with E-state index in [1.165, 1.54) is 0 Å². The van der Waals surface area contributed by atoms with Crippen LogP contribution < -0.4 is 5.32 Å². The Hall–Kier alpha value is -0.120. The molecule has 3 heteroatoms. The Morgan fingerprint density at radius 3 is 2.75 bits per heavy atom. The van der Waals surface area contributed by atoms with Gasteiger partial charge in [-0.2, -0.15) is 0 Å². The molecule has 0 aromatic carbocycles. The Labute approximate surface area is 73.8 Å². The molecule has 1 aliphatic carbocycles. The third kappa shape index (κ3) is 3.09. The van der Waals surface area contributed by atoms with Crippen molar-refractivity contribution in [3.8, 4) is 0 Å². The normalized spacial score (nSPS) is 32.2. The minimum atomic E-state index is -0.240. The predicted octanol–water partition coefficient (Wildman–Crippen LogP) is 0.260. The van der Waals surface area contributed by atoms with Crippen molar-refractivity contribution in [2.75, 3.05) is 6.54 Å². The summed E-state index contributed by atoms with van der Waals surface area (Å²) in [5.74, 6) is 0. The molecule has 0 radical (unpaired) electrons. The molecule has 0 amide bonds. The van der Waals surface area contributed by atoms with Gasteiger partial charge < -0.3 is 15.5 Å². The Balaban J connectivity index is 2.06. The third-order valence-corrected chi connectivity index (χ3v) is 2.45. The van der Waals surface area contributed by atoms with E-state index in [4.69, 9.17) is 5.11 Å². The maximum atomic E-state index is 9.43. The summed E-state index contributed by atoms with van der Waals surface area (Å²) in [6.45, 7) is 2.59. The van der Waals surface area contributed by atoms with Gasteiger partial charge in [-0.05, 0) is 39.2 Å². The Morgan fingerprint density at radius 1 is 1.50 bits per heavy atom. The summed E-state index contributed by atoms with van der Waals surface area (Å²) in [6, 6.07) is 0.267. The number of nitrogens with one attached hydrogen (secondary N) is 1. The van der Waals surface area contributed by atoms with E-state index in [-0.39, 0.29) is 18.2 Å². The molecular formula is C9H19NO2. The number of aliphatic hydroxyl groups is 2. The van der Waals surface area contributed by atoms with Gasteiger partial charge in [0.25, 0.3) is 0 Å². The highest BCUT2D eigenvalue weighted by Gasteiger charge is 2.23. The van der Waals surface area contributed by atoms with Gasteiger partial charge in [-0.3, -0.25) is 0 Å². The first-order valence-corrected chi connectivity index (χ1v) is 4.79. The minimum absolute atomic E-state index is 0.168. The fourth-order valence-corrected chi connectivity index (χ4v) is 1.66. The van der Waals surface area contributed by atoms with Crippen LogP contribution in [0.1, 0.15) is 32.6 Å². The molecule has 0 saturated heterocycles. The maximum Gasteiger partial charge on any atom is 0.0693 e. The SMILES string of the molecule is CC(O)CCN[C@@H]1CCC[C@H]1O. The van der Waals surface area contributed by atoms with E-state index >= 15 is 0 Å². The molecule has 0 bridgehead atoms. The molecule has 0 heterocycles. The van der Waals surface area contributed by atoms with Gasteiger partial charge in [0.05, 0.1) is 12.2 Å². The van der Waals surface area contributed by atoms with Crippen LogP contribution in [0.5, 0.6) is 0 Å². The van der Waals surface area contributed by atoms with Crippen molar-refractivity contribution in [3.05, 3.63) is 0 Å². The van der Waals surface area contributed by atoms with E-state index in [1.54, 1.807) is 6.92 Å². The van der Waals surface area contributed by atoms with Crippen LogP contribution >= 0.6 is 0 Å². The summed E-state index contributed by atoms with van der Waals surface area (Å²) in [5.41, 5.74) is 0. The fourth-order valence-electron chi connectivity index (χ4n) is 1.66. The highest BCUT2D eigenvalue weighted by Crippen LogP contribution is 2.18. The summed E-state index contributed by atoms with van der Waals surface area (Å²) >= 11 is 0. The first-order chi connectivity index (χ1) is 5.70. The number of aliphatic hydroxyl groups excluding tert-OH is 2. The van der Waals surface area contributed by atoms with Crippen LogP contribution in [0.4, 0.5) is 0 Å². The van der Waals surface area contributed by atoms with Crippen LogP contribution in [0.2, 0.25) is 0 Å². The molecular weight excluding hydrogens is 154 g/mol. The summed E-state index contributed by atoms with van der Waals surface area (Å²) in [5, 5.41) is 21.7. The fraction of sp³-hybridized carbons (Fsp3) is 1.00. The van der Waals surface area contributed by atoms with Gasteiger partial charge >= 0.3 is 0 Å². The molecule has 12 heavy (non-hydrogen) atoms. The monoisotopic (exact) mass is 173 g/mol. The standard InChI is InChI=1S/C9H19NO2/c1-7(11)5-6-10-8-3-2-4-9(8)12/h7-12H,2-6H2,1H3/t7?,8-,9-/m1/s1. The first kappa shape index (κ1) is 9.96. The van der Waals surface area contributed by atoms with Gasteiger partial charge in [0, 0.05) is 6.04 Å². The molecule has 0 aromatic rings. The van der Waals surface area contributed by atoms with Crippen LogP contribution in [-0.4, -0.2) is 35.0 Å². The summed E-state index contributed by atoms with van der Waals surface area (Å²) in [4.78, 5) is 0. The van der Waals surface area contributed by atoms with Gasteiger partial charge in [0.1, 0.15) is 0 Å². The zero-order valence-corrected chi connectivity index (χ0v) is 7.66. The second-order valence-electron chi connectivity index (χ2n) is 3.70. The van der Waals surface area contributed by atoms with Crippen LogP contribution in [0.15, 0.2) is 0 Å². The zero-order chi connectivity index (χ0) is 8.97. The van der Waals surface area contributed by atoms with Crippen molar-refractivity contribution in [2.24, 2.45) is 0 Å². The number of rotatable bonds is 4. The van der Waals surface area contributed by atoms with Gasteiger partial charge in [0.2, 0.25) is 0 Å². The third-order valence-electron chi connectivity index (χ3n) is 2.45. The van der Waals surface area contributed by atoms with E-state index in [2.05, 4.69) is 5.32 Å². The first-order valence-electron chi connectivity index (χ1n) is 4.79. The van der Waals surface area contributed by atoms with Gasteiger partial charge in [0.15, 0.2) is 0 Å². The smallest absolute Gasteiger partial charge is 0.0693 e. The van der Waals surface area contributed by atoms with E-state index in [1.807, 2.05) is 0 Å². The lowest BCUT2D eigenvalue weighted by Crippen LogP contribution is -2.36. The van der Waals surface area contributed by atoms with Gasteiger partial charge in [-0.15, -0.1) is 0 Å². The molecule has 3 atom stereocenters. The van der Waals surface area contributed by atoms with Crippen molar-refractivity contribution in [3.63, 3.8) is 0 Å². The average Bonchev–Trinajstić information content (AvgIpc) is 2.36. The molecule has 0 aliphatic heterocycles. The van der Waals surface area contributed by atoms with E-state index in [0.717, 1.165) is 32.2 Å².